The van der Waals surface area contributed by atoms with Crippen molar-refractivity contribution in [2.75, 3.05) is 13.1 Å². The molecule has 1 aliphatic heterocycles. The maximum atomic E-state index is 14.1. The van der Waals surface area contributed by atoms with Gasteiger partial charge in [0.05, 0.1) is 6.17 Å². The minimum absolute atomic E-state index is 0.0127. The predicted octanol–water partition coefficient (Wildman–Crippen LogP) is 3.40. The number of aryl methyl sites for hydroxylation is 1. The second kappa shape index (κ2) is 6.82. The molecule has 0 aromatic heterocycles. The predicted molar refractivity (Wildman–Crippen MR) is 83.7 cm³/mol. The molecule has 1 fully saturated rings. The van der Waals surface area contributed by atoms with Gasteiger partial charge in [-0.1, -0.05) is 0 Å². The van der Waals surface area contributed by atoms with Gasteiger partial charge in [0.15, 0.2) is 0 Å². The normalized spacial score (nSPS) is 20.3. The lowest BCUT2D eigenvalue weighted by Gasteiger charge is -2.32. The van der Waals surface area contributed by atoms with E-state index in [9.17, 15) is 17.6 Å². The Morgan fingerprint density at radius 2 is 1.44 bits per heavy atom. The van der Waals surface area contributed by atoms with Gasteiger partial charge < -0.3 is 0 Å². The van der Waals surface area contributed by atoms with Crippen molar-refractivity contribution < 1.29 is 17.6 Å². The molecule has 2 aromatic carbocycles. The average molecular weight is 349 g/mol. The van der Waals surface area contributed by atoms with Crippen molar-refractivity contribution in [1.29, 1.82) is 5.26 Å². The van der Waals surface area contributed by atoms with E-state index in [1.807, 2.05) is 0 Å². The first-order chi connectivity index (χ1) is 11.9. The number of nitrogens with zero attached hydrogens (tertiary/aromatic N) is 1. The molecule has 0 atom stereocenters. The summed E-state index contributed by atoms with van der Waals surface area (Å²) in [6.07, 6.45) is -0.579. The van der Waals surface area contributed by atoms with E-state index in [1.54, 1.807) is 6.92 Å². The molecule has 0 bridgehead atoms. The Bertz CT molecular complexity index is 806. The number of nitriles is 1. The van der Waals surface area contributed by atoms with E-state index in [0.29, 0.717) is 5.56 Å². The highest BCUT2D eigenvalue weighted by molar-refractivity contribution is 5.36. The Morgan fingerprint density at radius 3 is 1.92 bits per heavy atom. The lowest BCUT2D eigenvalue weighted by atomic mass is 9.94. The van der Waals surface area contributed by atoms with Crippen LogP contribution >= 0.6 is 0 Å². The van der Waals surface area contributed by atoms with Gasteiger partial charge in [0.2, 0.25) is 0 Å². The van der Waals surface area contributed by atoms with Crippen LogP contribution in [0.2, 0.25) is 0 Å². The molecule has 1 aliphatic rings. The highest BCUT2D eigenvalue weighted by Crippen LogP contribution is 2.27. The highest BCUT2D eigenvalue weighted by Gasteiger charge is 2.27. The van der Waals surface area contributed by atoms with Crippen LogP contribution in [0.5, 0.6) is 0 Å². The second-order valence-corrected chi connectivity index (χ2v) is 6.06. The molecule has 0 saturated carbocycles. The van der Waals surface area contributed by atoms with Crippen molar-refractivity contribution in [2.24, 2.45) is 0 Å². The van der Waals surface area contributed by atoms with Crippen LogP contribution in [0.4, 0.5) is 17.6 Å². The molecule has 3 nitrogen and oxygen atoms in total. The lowest BCUT2D eigenvalue weighted by Crippen LogP contribution is -2.46. The Balaban J connectivity index is 1.78. The Hall–Kier alpha value is -2.43. The molecule has 2 N–H and O–H groups in total. The van der Waals surface area contributed by atoms with Crippen LogP contribution in [0.25, 0.3) is 0 Å². The summed E-state index contributed by atoms with van der Waals surface area (Å²) in [4.78, 5) is 0. The Labute approximate surface area is 142 Å². The summed E-state index contributed by atoms with van der Waals surface area (Å²) in [5, 5.41) is 14.7. The average Bonchev–Trinajstić information content (AvgIpc) is 2.54. The van der Waals surface area contributed by atoms with E-state index in [1.165, 1.54) is 18.2 Å². The molecule has 0 radical (unpaired) electrons. The monoisotopic (exact) mass is 349 g/mol. The fourth-order valence-electron chi connectivity index (χ4n) is 3.07. The third-order valence-electron chi connectivity index (χ3n) is 4.28. The van der Waals surface area contributed by atoms with Crippen molar-refractivity contribution in [3.8, 4) is 6.07 Å². The highest BCUT2D eigenvalue weighted by atomic mass is 19.1. The molecule has 0 spiro atoms. The third-order valence-corrected chi connectivity index (χ3v) is 4.28. The topological polar surface area (TPSA) is 47.9 Å². The number of hydrogen-bond donors (Lipinski definition) is 2. The number of hydrogen-bond acceptors (Lipinski definition) is 3. The van der Waals surface area contributed by atoms with E-state index in [4.69, 9.17) is 5.26 Å². The molecule has 0 amide bonds. The first-order valence-electron chi connectivity index (χ1n) is 7.72. The van der Waals surface area contributed by atoms with Gasteiger partial charge in [-0.15, -0.1) is 0 Å². The van der Waals surface area contributed by atoms with Crippen LogP contribution in [0.15, 0.2) is 24.3 Å². The Kier molecular flexibility index (Phi) is 4.75. The minimum Gasteiger partial charge on any atom is -0.297 e. The number of halogens is 4. The zero-order chi connectivity index (χ0) is 18.1. The quantitative estimate of drug-likeness (QED) is 0.817. The summed E-state index contributed by atoms with van der Waals surface area (Å²) < 4.78 is 55.6. The van der Waals surface area contributed by atoms with E-state index >= 15 is 0 Å². The van der Waals surface area contributed by atoms with E-state index in [0.717, 1.165) is 12.1 Å². The molecular weight excluding hydrogens is 334 g/mol. The zero-order valence-electron chi connectivity index (χ0n) is 13.3. The molecular formula is C18H15F4N3. The lowest BCUT2D eigenvalue weighted by molar-refractivity contribution is 0.336. The van der Waals surface area contributed by atoms with Gasteiger partial charge in [0.25, 0.3) is 0 Å². The van der Waals surface area contributed by atoms with E-state index in [-0.39, 0.29) is 24.2 Å². The summed E-state index contributed by atoms with van der Waals surface area (Å²) in [7, 11) is 0. The third kappa shape index (κ3) is 3.36. The van der Waals surface area contributed by atoms with Crippen LogP contribution in [-0.4, -0.2) is 13.1 Å². The van der Waals surface area contributed by atoms with Crippen LogP contribution in [0.3, 0.4) is 0 Å². The Morgan fingerprint density at radius 1 is 0.920 bits per heavy atom. The van der Waals surface area contributed by atoms with Gasteiger partial charge >= 0.3 is 0 Å². The van der Waals surface area contributed by atoms with E-state index in [2.05, 4.69) is 10.6 Å². The van der Waals surface area contributed by atoms with Gasteiger partial charge in [-0.05, 0) is 42.3 Å². The van der Waals surface area contributed by atoms with Crippen molar-refractivity contribution in [1.82, 2.24) is 10.6 Å². The molecule has 2 aromatic rings. The molecule has 1 heterocycles. The number of nitrogens with one attached hydrogen (secondary N) is 2. The molecule has 1 saturated heterocycles. The smallest absolute Gasteiger partial charge is 0.144 e. The first-order valence-corrected chi connectivity index (χ1v) is 7.72. The number of benzene rings is 2. The zero-order valence-corrected chi connectivity index (χ0v) is 13.3. The summed E-state index contributed by atoms with van der Waals surface area (Å²) in [5.74, 6) is -3.57. The summed E-state index contributed by atoms with van der Waals surface area (Å²) in [5.41, 5.74) is 0.122. The van der Waals surface area contributed by atoms with Crippen LogP contribution in [0, 0.1) is 41.5 Å². The standard InChI is InChI=1S/C18H15F4N3/c1-9-2-15(21)17(16(22)3-9)11-7-24-18(25-8-11)10-4-13(19)12(6-23)14(20)5-10/h2-5,11,18,24-25H,7-8H2,1H3. The molecule has 7 heteroatoms. The van der Waals surface area contributed by atoms with Crippen molar-refractivity contribution >= 4 is 0 Å². The molecule has 3 rings (SSSR count). The van der Waals surface area contributed by atoms with Gasteiger partial charge in [0, 0.05) is 24.6 Å². The van der Waals surface area contributed by atoms with Crippen molar-refractivity contribution in [3.63, 3.8) is 0 Å². The summed E-state index contributed by atoms with van der Waals surface area (Å²) >= 11 is 0. The SMILES string of the molecule is Cc1cc(F)c(C2CNC(c3cc(F)c(C#N)c(F)c3)NC2)c(F)c1. The minimum atomic E-state index is -0.946. The molecule has 0 unspecified atom stereocenters. The first kappa shape index (κ1) is 17.4. The van der Waals surface area contributed by atoms with Crippen LogP contribution in [-0.2, 0) is 0 Å². The largest absolute Gasteiger partial charge is 0.297 e. The summed E-state index contributed by atoms with van der Waals surface area (Å²) in [6, 6.07) is 6.15. The van der Waals surface area contributed by atoms with Gasteiger partial charge in [-0.25, -0.2) is 17.6 Å². The fourth-order valence-corrected chi connectivity index (χ4v) is 3.07. The maximum absolute atomic E-state index is 14.1. The maximum Gasteiger partial charge on any atom is 0.144 e. The van der Waals surface area contributed by atoms with E-state index < -0.39 is 40.9 Å². The van der Waals surface area contributed by atoms with Crippen LogP contribution < -0.4 is 10.6 Å². The molecule has 130 valence electrons. The van der Waals surface area contributed by atoms with Gasteiger partial charge in [-0.3, -0.25) is 10.6 Å². The van der Waals surface area contributed by atoms with Gasteiger partial charge in [-0.2, -0.15) is 5.26 Å². The number of rotatable bonds is 2. The van der Waals surface area contributed by atoms with Crippen molar-refractivity contribution in [2.45, 2.75) is 19.0 Å². The van der Waals surface area contributed by atoms with Crippen LogP contribution in [0.1, 0.15) is 34.3 Å². The van der Waals surface area contributed by atoms with Crippen molar-refractivity contribution in [3.05, 3.63) is 69.8 Å². The molecule has 25 heavy (non-hydrogen) atoms. The fraction of sp³-hybridized carbons (Fsp3) is 0.278. The molecule has 0 aliphatic carbocycles. The summed E-state index contributed by atoms with van der Waals surface area (Å²) in [6.45, 7) is 2.08. The van der Waals surface area contributed by atoms with Gasteiger partial charge in [0.1, 0.15) is 34.9 Å². The second-order valence-electron chi connectivity index (χ2n) is 6.06.